The molecule has 0 radical (unpaired) electrons. The van der Waals surface area contributed by atoms with Crippen LogP contribution < -0.4 is 5.32 Å². The van der Waals surface area contributed by atoms with Crippen molar-refractivity contribution in [2.45, 2.75) is 71.9 Å². The zero-order valence-corrected chi connectivity index (χ0v) is 19.6. The fourth-order valence-corrected chi connectivity index (χ4v) is 4.16. The fraction of sp³-hybridized carbons (Fsp3) is 0.708. The maximum absolute atomic E-state index is 5.89. The second-order valence-electron chi connectivity index (χ2n) is 8.21. The molecule has 1 aliphatic rings. The van der Waals surface area contributed by atoms with Gasteiger partial charge in [-0.2, -0.15) is 0 Å². The third-order valence-electron chi connectivity index (χ3n) is 5.89. The molecule has 164 valence electrons. The lowest BCUT2D eigenvalue weighted by atomic mass is 10.1. The van der Waals surface area contributed by atoms with Gasteiger partial charge in [-0.05, 0) is 49.5 Å². The molecule has 0 amide bonds. The number of thiocarbonyl (C=S) groups is 1. The smallest absolute Gasteiger partial charge is 0.169 e. The Morgan fingerprint density at radius 1 is 1.17 bits per heavy atom. The molecule has 1 aromatic rings. The molecule has 0 aromatic heterocycles. The first-order valence-electron chi connectivity index (χ1n) is 11.5. The van der Waals surface area contributed by atoms with Crippen LogP contribution in [0.25, 0.3) is 0 Å². The first kappa shape index (κ1) is 24.1. The molecular formula is C24H41N3OS. The highest BCUT2D eigenvalue weighted by molar-refractivity contribution is 7.80. The minimum Gasteiger partial charge on any atom is -0.379 e. The van der Waals surface area contributed by atoms with Gasteiger partial charge in [-0.15, -0.1) is 0 Å². The van der Waals surface area contributed by atoms with E-state index >= 15 is 0 Å². The second-order valence-corrected chi connectivity index (χ2v) is 8.59. The number of aryl methyl sites for hydroxylation is 1. The van der Waals surface area contributed by atoms with Gasteiger partial charge in [0.15, 0.2) is 5.11 Å². The zero-order chi connectivity index (χ0) is 20.9. The van der Waals surface area contributed by atoms with E-state index in [0.29, 0.717) is 6.04 Å². The number of hydrogen-bond acceptors (Lipinski definition) is 3. The summed E-state index contributed by atoms with van der Waals surface area (Å²) in [6, 6.07) is 9.14. The average Bonchev–Trinajstić information content (AvgIpc) is 2.74. The van der Waals surface area contributed by atoms with Gasteiger partial charge in [-0.3, -0.25) is 4.90 Å². The van der Waals surface area contributed by atoms with Gasteiger partial charge in [0.2, 0.25) is 0 Å². The van der Waals surface area contributed by atoms with E-state index < -0.39 is 0 Å². The normalized spacial score (nSPS) is 15.8. The van der Waals surface area contributed by atoms with Gasteiger partial charge in [0.1, 0.15) is 0 Å². The van der Waals surface area contributed by atoms with Crippen molar-refractivity contribution in [2.75, 3.05) is 39.4 Å². The molecule has 29 heavy (non-hydrogen) atoms. The zero-order valence-electron chi connectivity index (χ0n) is 18.8. The molecule has 1 saturated heterocycles. The maximum Gasteiger partial charge on any atom is 0.169 e. The molecule has 1 aliphatic heterocycles. The number of benzene rings is 1. The summed E-state index contributed by atoms with van der Waals surface area (Å²) >= 11 is 5.89. The summed E-state index contributed by atoms with van der Waals surface area (Å²) in [7, 11) is 0. The van der Waals surface area contributed by atoms with E-state index in [9.17, 15) is 0 Å². The Morgan fingerprint density at radius 2 is 1.93 bits per heavy atom. The molecule has 0 spiro atoms. The van der Waals surface area contributed by atoms with E-state index in [1.54, 1.807) is 0 Å². The number of hydrogen-bond donors (Lipinski definition) is 1. The molecule has 1 unspecified atom stereocenters. The molecule has 1 fully saturated rings. The molecule has 4 nitrogen and oxygen atoms in total. The molecule has 2 rings (SSSR count). The van der Waals surface area contributed by atoms with E-state index in [0.717, 1.165) is 63.9 Å². The molecule has 1 heterocycles. The van der Waals surface area contributed by atoms with Crippen molar-refractivity contribution in [3.8, 4) is 0 Å². The molecule has 5 heteroatoms. The van der Waals surface area contributed by atoms with E-state index in [4.69, 9.17) is 17.0 Å². The van der Waals surface area contributed by atoms with Crippen LogP contribution in [0.3, 0.4) is 0 Å². The highest BCUT2D eigenvalue weighted by Gasteiger charge is 2.16. The Kier molecular flexibility index (Phi) is 11.6. The summed E-state index contributed by atoms with van der Waals surface area (Å²) in [4.78, 5) is 4.88. The number of nitrogens with one attached hydrogen (secondary N) is 1. The molecule has 0 saturated carbocycles. The summed E-state index contributed by atoms with van der Waals surface area (Å²) in [6.07, 6.45) is 7.30. The van der Waals surface area contributed by atoms with Crippen molar-refractivity contribution in [1.29, 1.82) is 0 Å². The van der Waals surface area contributed by atoms with Crippen LogP contribution in [0.2, 0.25) is 0 Å². The van der Waals surface area contributed by atoms with Crippen LogP contribution in [0.4, 0.5) is 0 Å². The Labute approximate surface area is 184 Å². The number of morpholine rings is 1. The molecule has 0 bridgehead atoms. The second kappa shape index (κ2) is 13.9. The summed E-state index contributed by atoms with van der Waals surface area (Å²) in [5.41, 5.74) is 2.70. The summed E-state index contributed by atoms with van der Waals surface area (Å²) in [5, 5.41) is 4.59. The van der Waals surface area contributed by atoms with Crippen molar-refractivity contribution >= 4 is 17.3 Å². The number of rotatable bonds is 12. The average molecular weight is 420 g/mol. The van der Waals surface area contributed by atoms with Crippen molar-refractivity contribution in [3.05, 3.63) is 35.4 Å². The van der Waals surface area contributed by atoms with Crippen LogP contribution in [0.15, 0.2) is 24.3 Å². The Morgan fingerprint density at radius 3 is 2.62 bits per heavy atom. The SMILES string of the molecule is CCCCCC(CC)NC(=S)N(CCCN1CCOCC1)Cc1ccccc1C. The Hall–Kier alpha value is -1.17. The predicted octanol–water partition coefficient (Wildman–Crippen LogP) is 4.75. The van der Waals surface area contributed by atoms with E-state index in [-0.39, 0.29) is 0 Å². The van der Waals surface area contributed by atoms with Crippen LogP contribution in [0.1, 0.15) is 63.5 Å². The van der Waals surface area contributed by atoms with Gasteiger partial charge < -0.3 is 15.0 Å². The van der Waals surface area contributed by atoms with Gasteiger partial charge >= 0.3 is 0 Å². The van der Waals surface area contributed by atoms with Crippen LogP contribution in [0.5, 0.6) is 0 Å². The molecular weight excluding hydrogens is 378 g/mol. The fourth-order valence-electron chi connectivity index (χ4n) is 3.84. The first-order valence-corrected chi connectivity index (χ1v) is 11.9. The van der Waals surface area contributed by atoms with Crippen molar-refractivity contribution in [2.24, 2.45) is 0 Å². The summed E-state index contributed by atoms with van der Waals surface area (Å²) in [6.45, 7) is 13.5. The third-order valence-corrected chi connectivity index (χ3v) is 6.27. The maximum atomic E-state index is 5.89. The van der Waals surface area contributed by atoms with Crippen molar-refractivity contribution in [3.63, 3.8) is 0 Å². The lowest BCUT2D eigenvalue weighted by molar-refractivity contribution is 0.0367. The monoisotopic (exact) mass is 419 g/mol. The lowest BCUT2D eigenvalue weighted by Crippen LogP contribution is -2.45. The van der Waals surface area contributed by atoms with E-state index in [1.165, 1.54) is 36.8 Å². The number of nitrogens with zero attached hydrogens (tertiary/aromatic N) is 2. The first-order chi connectivity index (χ1) is 14.1. The topological polar surface area (TPSA) is 27.7 Å². The van der Waals surface area contributed by atoms with Gasteiger partial charge in [-0.1, -0.05) is 57.4 Å². The van der Waals surface area contributed by atoms with Gasteiger partial charge in [0.25, 0.3) is 0 Å². The quantitative estimate of drug-likeness (QED) is 0.390. The van der Waals surface area contributed by atoms with Crippen molar-refractivity contribution < 1.29 is 4.74 Å². The molecule has 1 atom stereocenters. The number of ether oxygens (including phenoxy) is 1. The van der Waals surface area contributed by atoms with Crippen LogP contribution in [-0.4, -0.2) is 60.3 Å². The highest BCUT2D eigenvalue weighted by Crippen LogP contribution is 2.13. The Bertz CT molecular complexity index is 589. The summed E-state index contributed by atoms with van der Waals surface area (Å²) < 4.78 is 5.47. The van der Waals surface area contributed by atoms with E-state index in [2.05, 4.69) is 60.2 Å². The summed E-state index contributed by atoms with van der Waals surface area (Å²) in [5.74, 6) is 0. The van der Waals surface area contributed by atoms with Crippen LogP contribution >= 0.6 is 12.2 Å². The predicted molar refractivity (Wildman–Crippen MR) is 127 cm³/mol. The van der Waals surface area contributed by atoms with E-state index in [1.807, 2.05) is 0 Å². The van der Waals surface area contributed by atoms with Crippen molar-refractivity contribution in [1.82, 2.24) is 15.1 Å². The van der Waals surface area contributed by atoms with Gasteiger partial charge in [0.05, 0.1) is 13.2 Å². The molecule has 1 N–H and O–H groups in total. The minimum atomic E-state index is 0.479. The molecule has 0 aliphatic carbocycles. The lowest BCUT2D eigenvalue weighted by Gasteiger charge is -2.31. The number of unbranched alkanes of at least 4 members (excludes halogenated alkanes) is 2. The highest BCUT2D eigenvalue weighted by atomic mass is 32.1. The van der Waals surface area contributed by atoms with Crippen LogP contribution in [-0.2, 0) is 11.3 Å². The van der Waals surface area contributed by atoms with Gasteiger partial charge in [-0.25, -0.2) is 0 Å². The largest absolute Gasteiger partial charge is 0.379 e. The van der Waals surface area contributed by atoms with Crippen LogP contribution in [0, 0.1) is 6.92 Å². The standard InChI is InChI=1S/C24H41N3OS/c1-4-6-7-13-23(5-2)25-24(29)27(20-22-12-9-8-11-21(22)3)15-10-14-26-16-18-28-19-17-26/h8-9,11-12,23H,4-7,10,13-20H2,1-3H3,(H,25,29). The third kappa shape index (κ3) is 9.02. The minimum absolute atomic E-state index is 0.479. The van der Waals surface area contributed by atoms with Gasteiger partial charge in [0, 0.05) is 38.8 Å². The molecule has 1 aromatic carbocycles. The Balaban J connectivity index is 1.94.